The Bertz CT molecular complexity index is 438. The first-order chi connectivity index (χ1) is 10.1. The van der Waals surface area contributed by atoms with Gasteiger partial charge in [-0.1, -0.05) is 6.42 Å². The average molecular weight is 292 g/mol. The molecular formula is C16H24N2O3. The molecule has 3 atom stereocenters. The van der Waals surface area contributed by atoms with Gasteiger partial charge in [0.1, 0.15) is 5.78 Å². The van der Waals surface area contributed by atoms with Gasteiger partial charge >= 0.3 is 0 Å². The number of piperazine rings is 1. The van der Waals surface area contributed by atoms with Crippen LogP contribution in [-0.2, 0) is 14.4 Å². The molecular weight excluding hydrogens is 268 g/mol. The molecule has 3 aliphatic rings. The molecule has 0 radical (unpaired) electrons. The van der Waals surface area contributed by atoms with E-state index >= 15 is 0 Å². The van der Waals surface area contributed by atoms with Crippen molar-refractivity contribution in [3.8, 4) is 0 Å². The number of carbonyl (C=O) groups excluding carboxylic acids is 3. The van der Waals surface area contributed by atoms with Crippen molar-refractivity contribution in [1.82, 2.24) is 9.80 Å². The SMILES string of the molecule is CC(=O)N1CCN(C(=O)C2C[C@H]3CCC[C@@H](C2)C3=O)CC1. The second-order valence-electron chi connectivity index (χ2n) is 6.73. The highest BCUT2D eigenvalue weighted by molar-refractivity contribution is 5.88. The lowest BCUT2D eigenvalue weighted by Gasteiger charge is -2.41. The molecule has 0 aromatic heterocycles. The lowest BCUT2D eigenvalue weighted by atomic mass is 9.67. The van der Waals surface area contributed by atoms with E-state index in [2.05, 4.69) is 0 Å². The topological polar surface area (TPSA) is 57.7 Å². The van der Waals surface area contributed by atoms with Gasteiger partial charge in [-0.05, 0) is 25.7 Å². The first kappa shape index (κ1) is 14.5. The van der Waals surface area contributed by atoms with E-state index in [4.69, 9.17) is 0 Å². The monoisotopic (exact) mass is 292 g/mol. The van der Waals surface area contributed by atoms with E-state index < -0.39 is 0 Å². The molecule has 2 aliphatic carbocycles. The maximum atomic E-state index is 12.7. The lowest BCUT2D eigenvalue weighted by Crippen LogP contribution is -2.52. The maximum absolute atomic E-state index is 12.7. The van der Waals surface area contributed by atoms with Crippen LogP contribution >= 0.6 is 0 Å². The molecule has 3 rings (SSSR count). The van der Waals surface area contributed by atoms with Crippen LogP contribution in [0, 0.1) is 17.8 Å². The van der Waals surface area contributed by atoms with Gasteiger partial charge in [-0.3, -0.25) is 14.4 Å². The van der Waals surface area contributed by atoms with E-state index in [-0.39, 0.29) is 29.6 Å². The highest BCUT2D eigenvalue weighted by Crippen LogP contribution is 2.40. The van der Waals surface area contributed by atoms with Gasteiger partial charge in [0.15, 0.2) is 0 Å². The minimum absolute atomic E-state index is 0.0295. The van der Waals surface area contributed by atoms with E-state index in [9.17, 15) is 14.4 Å². The Hall–Kier alpha value is -1.39. The molecule has 0 spiro atoms. The summed E-state index contributed by atoms with van der Waals surface area (Å²) in [6.07, 6.45) is 4.58. The molecule has 1 heterocycles. The zero-order valence-electron chi connectivity index (χ0n) is 12.7. The van der Waals surface area contributed by atoms with Crippen molar-refractivity contribution in [3.63, 3.8) is 0 Å². The number of fused-ring (bicyclic) bond motifs is 2. The van der Waals surface area contributed by atoms with Crippen LogP contribution in [0.4, 0.5) is 0 Å². The minimum Gasteiger partial charge on any atom is -0.339 e. The predicted octanol–water partition coefficient (Wildman–Crippen LogP) is 1.07. The molecule has 0 N–H and O–H groups in total. The van der Waals surface area contributed by atoms with Crippen molar-refractivity contribution in [3.05, 3.63) is 0 Å². The van der Waals surface area contributed by atoms with Crippen LogP contribution in [0.5, 0.6) is 0 Å². The van der Waals surface area contributed by atoms with Crippen molar-refractivity contribution in [2.75, 3.05) is 26.2 Å². The van der Waals surface area contributed by atoms with E-state index in [0.29, 0.717) is 32.0 Å². The van der Waals surface area contributed by atoms with Crippen LogP contribution in [0.25, 0.3) is 0 Å². The van der Waals surface area contributed by atoms with Crippen LogP contribution < -0.4 is 0 Å². The zero-order chi connectivity index (χ0) is 15.0. The van der Waals surface area contributed by atoms with Crippen LogP contribution in [0.1, 0.15) is 39.0 Å². The van der Waals surface area contributed by atoms with Gasteiger partial charge in [-0.15, -0.1) is 0 Å². The minimum atomic E-state index is 0.0295. The molecule has 2 amide bonds. The van der Waals surface area contributed by atoms with Gasteiger partial charge in [0.25, 0.3) is 0 Å². The maximum Gasteiger partial charge on any atom is 0.225 e. The Morgan fingerprint density at radius 1 is 0.952 bits per heavy atom. The highest BCUT2D eigenvalue weighted by Gasteiger charge is 2.42. The molecule has 2 saturated carbocycles. The molecule has 1 aliphatic heterocycles. The van der Waals surface area contributed by atoms with E-state index in [1.54, 1.807) is 11.8 Å². The number of hydrogen-bond acceptors (Lipinski definition) is 3. The lowest BCUT2D eigenvalue weighted by molar-refractivity contribution is -0.146. The fourth-order valence-corrected chi connectivity index (χ4v) is 4.18. The Morgan fingerprint density at radius 2 is 1.48 bits per heavy atom. The second-order valence-corrected chi connectivity index (χ2v) is 6.73. The van der Waals surface area contributed by atoms with Gasteiger partial charge in [0, 0.05) is 50.9 Å². The van der Waals surface area contributed by atoms with Crippen molar-refractivity contribution >= 4 is 17.6 Å². The highest BCUT2D eigenvalue weighted by atomic mass is 16.2. The van der Waals surface area contributed by atoms with Crippen LogP contribution in [-0.4, -0.2) is 53.6 Å². The molecule has 1 unspecified atom stereocenters. The fourth-order valence-electron chi connectivity index (χ4n) is 4.18. The molecule has 5 heteroatoms. The number of nitrogens with zero attached hydrogens (tertiary/aromatic N) is 2. The van der Waals surface area contributed by atoms with Crippen molar-refractivity contribution in [2.45, 2.75) is 39.0 Å². The third-order valence-electron chi connectivity index (χ3n) is 5.43. The van der Waals surface area contributed by atoms with Gasteiger partial charge < -0.3 is 9.80 Å². The third kappa shape index (κ3) is 2.83. The Balaban J connectivity index is 1.59. The van der Waals surface area contributed by atoms with E-state index in [1.165, 1.54) is 0 Å². The average Bonchev–Trinajstić information content (AvgIpc) is 2.46. The second kappa shape index (κ2) is 5.78. The van der Waals surface area contributed by atoms with Gasteiger partial charge in [0.2, 0.25) is 11.8 Å². The Kier molecular flexibility index (Phi) is 4.00. The van der Waals surface area contributed by atoms with E-state index in [1.807, 2.05) is 4.90 Å². The summed E-state index contributed by atoms with van der Waals surface area (Å²) >= 11 is 0. The van der Waals surface area contributed by atoms with Crippen molar-refractivity contribution in [2.24, 2.45) is 17.8 Å². The van der Waals surface area contributed by atoms with Gasteiger partial charge in [-0.2, -0.15) is 0 Å². The molecule has 2 bridgehead atoms. The normalized spacial score (nSPS) is 33.0. The molecule has 3 fully saturated rings. The first-order valence-electron chi connectivity index (χ1n) is 8.14. The summed E-state index contributed by atoms with van der Waals surface area (Å²) in [5.41, 5.74) is 0. The zero-order valence-corrected chi connectivity index (χ0v) is 12.7. The molecule has 1 saturated heterocycles. The summed E-state index contributed by atoms with van der Waals surface area (Å²) in [5, 5.41) is 0. The predicted molar refractivity (Wildman–Crippen MR) is 77.4 cm³/mol. The number of ketones is 1. The van der Waals surface area contributed by atoms with Crippen molar-refractivity contribution in [1.29, 1.82) is 0 Å². The molecule has 0 aromatic carbocycles. The summed E-state index contributed by atoms with van der Waals surface area (Å²) in [6.45, 7) is 4.13. The molecule has 116 valence electrons. The summed E-state index contributed by atoms with van der Waals surface area (Å²) in [5.74, 6) is 0.992. The third-order valence-corrected chi connectivity index (χ3v) is 5.43. The van der Waals surface area contributed by atoms with Crippen molar-refractivity contribution < 1.29 is 14.4 Å². The number of rotatable bonds is 1. The Morgan fingerprint density at radius 3 is 2.00 bits per heavy atom. The summed E-state index contributed by atoms with van der Waals surface area (Å²) in [7, 11) is 0. The number of hydrogen-bond donors (Lipinski definition) is 0. The largest absolute Gasteiger partial charge is 0.339 e. The summed E-state index contributed by atoms with van der Waals surface area (Å²) < 4.78 is 0. The van der Waals surface area contributed by atoms with Crippen LogP contribution in [0.15, 0.2) is 0 Å². The van der Waals surface area contributed by atoms with Crippen LogP contribution in [0.3, 0.4) is 0 Å². The molecule has 21 heavy (non-hydrogen) atoms. The molecule has 0 aromatic rings. The number of amides is 2. The smallest absolute Gasteiger partial charge is 0.225 e. The number of carbonyl (C=O) groups is 3. The standard InChI is InChI=1S/C16H24N2O3/c1-11(19)17-5-7-18(8-6-17)16(21)14-9-12-3-2-4-13(10-14)15(12)20/h12-14H,2-10H2,1H3/t12-,13+,14?. The fraction of sp³-hybridized carbons (Fsp3) is 0.812. The molecule has 5 nitrogen and oxygen atoms in total. The Labute approximate surface area is 125 Å². The quantitative estimate of drug-likeness (QED) is 0.726. The summed E-state index contributed by atoms with van der Waals surface area (Å²) in [6, 6.07) is 0. The summed E-state index contributed by atoms with van der Waals surface area (Å²) in [4.78, 5) is 39.8. The van der Waals surface area contributed by atoms with Gasteiger partial charge in [0.05, 0.1) is 0 Å². The first-order valence-corrected chi connectivity index (χ1v) is 8.14. The number of Topliss-reactive ketones (excluding diaryl/α,β-unsaturated/α-hetero) is 1. The van der Waals surface area contributed by atoms with E-state index in [0.717, 1.165) is 32.1 Å². The van der Waals surface area contributed by atoms with Crippen LogP contribution in [0.2, 0.25) is 0 Å². The van der Waals surface area contributed by atoms with Gasteiger partial charge in [-0.25, -0.2) is 0 Å².